The van der Waals surface area contributed by atoms with Gasteiger partial charge in [-0.25, -0.2) is 0 Å². The highest BCUT2D eigenvalue weighted by molar-refractivity contribution is 6.33. The highest BCUT2D eigenvalue weighted by atomic mass is 35.5. The third-order valence-electron chi connectivity index (χ3n) is 5.98. The van der Waals surface area contributed by atoms with E-state index in [2.05, 4.69) is 21.9 Å². The van der Waals surface area contributed by atoms with E-state index in [4.69, 9.17) is 11.6 Å². The number of para-hydroxylation sites is 1. The number of hydrogen-bond acceptors (Lipinski definition) is 4. The van der Waals surface area contributed by atoms with E-state index in [0.717, 1.165) is 73.1 Å². The van der Waals surface area contributed by atoms with E-state index in [0.29, 0.717) is 6.54 Å². The van der Waals surface area contributed by atoms with Gasteiger partial charge >= 0.3 is 0 Å². The number of hydrogen-bond donors (Lipinski definition) is 1. The Bertz CT molecular complexity index is 880. The van der Waals surface area contributed by atoms with Crippen molar-refractivity contribution in [3.8, 4) is 0 Å². The summed E-state index contributed by atoms with van der Waals surface area (Å²) in [6, 6.07) is 14.0. The molecule has 1 amide bonds. The molecule has 29 heavy (non-hydrogen) atoms. The van der Waals surface area contributed by atoms with Gasteiger partial charge in [-0.15, -0.1) is 0 Å². The molecule has 0 unspecified atom stereocenters. The molecule has 0 radical (unpaired) electrons. The van der Waals surface area contributed by atoms with Crippen LogP contribution in [-0.4, -0.2) is 55.2 Å². The SMILES string of the molecule is CC(=O)N1CCCc2cc([C@H](O)CN3CCN(c4ccccc4Cl)CC3)ccc21. The van der Waals surface area contributed by atoms with Crippen LogP contribution in [0.25, 0.3) is 0 Å². The molecule has 1 fully saturated rings. The van der Waals surface area contributed by atoms with E-state index >= 15 is 0 Å². The summed E-state index contributed by atoms with van der Waals surface area (Å²) < 4.78 is 0. The Morgan fingerprint density at radius 3 is 2.55 bits per heavy atom. The summed E-state index contributed by atoms with van der Waals surface area (Å²) in [6.45, 7) is 6.59. The number of fused-ring (bicyclic) bond motifs is 1. The minimum atomic E-state index is -0.528. The number of aliphatic hydroxyl groups is 1. The molecule has 2 aliphatic heterocycles. The van der Waals surface area contributed by atoms with Gasteiger partial charge in [0.25, 0.3) is 0 Å². The molecule has 2 aromatic carbocycles. The summed E-state index contributed by atoms with van der Waals surface area (Å²) in [6.07, 6.45) is 1.40. The number of aryl methyl sites for hydroxylation is 1. The minimum absolute atomic E-state index is 0.0793. The van der Waals surface area contributed by atoms with Crippen LogP contribution >= 0.6 is 11.6 Å². The average molecular weight is 414 g/mol. The Morgan fingerprint density at radius 1 is 1.07 bits per heavy atom. The number of piperazine rings is 1. The first kappa shape index (κ1) is 20.2. The molecule has 154 valence electrons. The van der Waals surface area contributed by atoms with Crippen LogP contribution in [-0.2, 0) is 11.2 Å². The largest absolute Gasteiger partial charge is 0.387 e. The number of aliphatic hydroxyl groups excluding tert-OH is 1. The van der Waals surface area contributed by atoms with Crippen LogP contribution in [0.3, 0.4) is 0 Å². The Balaban J connectivity index is 1.37. The van der Waals surface area contributed by atoms with Gasteiger partial charge in [-0.2, -0.15) is 0 Å². The van der Waals surface area contributed by atoms with Crippen LogP contribution in [0.1, 0.15) is 30.6 Å². The number of β-amino-alcohol motifs (C(OH)–C–C–N with tert-alkyl or cyclic N) is 1. The molecule has 2 aliphatic rings. The zero-order chi connectivity index (χ0) is 20.4. The van der Waals surface area contributed by atoms with Crippen LogP contribution in [0.15, 0.2) is 42.5 Å². The third-order valence-corrected chi connectivity index (χ3v) is 6.30. The lowest BCUT2D eigenvalue weighted by Gasteiger charge is -2.37. The number of benzene rings is 2. The van der Waals surface area contributed by atoms with Crippen LogP contribution in [0.4, 0.5) is 11.4 Å². The summed E-state index contributed by atoms with van der Waals surface area (Å²) in [4.78, 5) is 18.3. The van der Waals surface area contributed by atoms with Crippen LogP contribution < -0.4 is 9.80 Å². The highest BCUT2D eigenvalue weighted by Crippen LogP contribution is 2.31. The first-order valence-corrected chi connectivity index (χ1v) is 10.7. The second kappa shape index (κ2) is 8.74. The zero-order valence-corrected chi connectivity index (χ0v) is 17.6. The van der Waals surface area contributed by atoms with Gasteiger partial charge in [0.15, 0.2) is 0 Å². The molecule has 6 heteroatoms. The number of rotatable bonds is 4. The number of carbonyl (C=O) groups excluding carboxylic acids is 1. The van der Waals surface area contributed by atoms with Crippen molar-refractivity contribution >= 4 is 28.9 Å². The Labute approximate surface area is 177 Å². The van der Waals surface area contributed by atoms with Gasteiger partial charge in [-0.3, -0.25) is 9.69 Å². The molecule has 1 saturated heterocycles. The van der Waals surface area contributed by atoms with Gasteiger partial charge in [-0.1, -0.05) is 35.9 Å². The molecule has 5 nitrogen and oxygen atoms in total. The molecule has 0 aromatic heterocycles. The van der Waals surface area contributed by atoms with Crippen LogP contribution in [0, 0.1) is 0 Å². The Morgan fingerprint density at radius 2 is 1.83 bits per heavy atom. The molecule has 0 saturated carbocycles. The molecule has 2 aromatic rings. The maximum Gasteiger partial charge on any atom is 0.223 e. The monoisotopic (exact) mass is 413 g/mol. The van der Waals surface area contributed by atoms with Crippen LogP contribution in [0.2, 0.25) is 5.02 Å². The van der Waals surface area contributed by atoms with E-state index in [1.807, 2.05) is 35.2 Å². The van der Waals surface area contributed by atoms with E-state index in [1.54, 1.807) is 6.92 Å². The minimum Gasteiger partial charge on any atom is -0.387 e. The van der Waals surface area contributed by atoms with Crippen molar-refractivity contribution in [3.63, 3.8) is 0 Å². The van der Waals surface area contributed by atoms with Gasteiger partial charge in [0, 0.05) is 51.9 Å². The lowest BCUT2D eigenvalue weighted by Crippen LogP contribution is -2.47. The molecule has 0 spiro atoms. The van der Waals surface area contributed by atoms with E-state index in [1.165, 1.54) is 0 Å². The van der Waals surface area contributed by atoms with Crippen molar-refractivity contribution < 1.29 is 9.90 Å². The fourth-order valence-corrected chi connectivity index (χ4v) is 4.64. The summed E-state index contributed by atoms with van der Waals surface area (Å²) in [5, 5.41) is 11.6. The van der Waals surface area contributed by atoms with E-state index < -0.39 is 6.10 Å². The first-order chi connectivity index (χ1) is 14.0. The number of halogens is 1. The lowest BCUT2D eigenvalue weighted by molar-refractivity contribution is -0.116. The Kier molecular flexibility index (Phi) is 6.09. The molecular weight excluding hydrogens is 386 g/mol. The summed E-state index contributed by atoms with van der Waals surface area (Å²) in [5.41, 5.74) is 4.17. The average Bonchev–Trinajstić information content (AvgIpc) is 2.74. The van der Waals surface area contributed by atoms with Gasteiger partial charge in [0.2, 0.25) is 5.91 Å². The van der Waals surface area contributed by atoms with Gasteiger partial charge in [0.05, 0.1) is 16.8 Å². The molecule has 1 N–H and O–H groups in total. The highest BCUT2D eigenvalue weighted by Gasteiger charge is 2.24. The fraction of sp³-hybridized carbons (Fsp3) is 0.435. The molecule has 0 aliphatic carbocycles. The predicted molar refractivity (Wildman–Crippen MR) is 118 cm³/mol. The summed E-state index contributed by atoms with van der Waals surface area (Å²) in [5.74, 6) is 0.0793. The standard InChI is InChI=1S/C23H28ClN3O2/c1-17(28)27-10-4-5-18-15-19(8-9-21(18)27)23(29)16-25-11-13-26(14-12-25)22-7-3-2-6-20(22)24/h2-3,6-9,15,23,29H,4-5,10-14,16H2,1H3/t23-/m1/s1. The number of amides is 1. The summed E-state index contributed by atoms with van der Waals surface area (Å²) >= 11 is 6.33. The first-order valence-electron chi connectivity index (χ1n) is 10.3. The smallest absolute Gasteiger partial charge is 0.223 e. The van der Waals surface area contributed by atoms with Gasteiger partial charge in [0.1, 0.15) is 0 Å². The van der Waals surface area contributed by atoms with Crippen LogP contribution in [0.5, 0.6) is 0 Å². The van der Waals surface area contributed by atoms with Gasteiger partial charge in [-0.05, 0) is 42.2 Å². The third kappa shape index (κ3) is 4.42. The van der Waals surface area contributed by atoms with Crippen molar-refractivity contribution in [2.24, 2.45) is 0 Å². The van der Waals surface area contributed by atoms with Crippen molar-refractivity contribution in [1.29, 1.82) is 0 Å². The molecular formula is C23H28ClN3O2. The number of nitrogens with zero attached hydrogens (tertiary/aromatic N) is 3. The normalized spacial score (nSPS) is 18.4. The van der Waals surface area contributed by atoms with E-state index in [9.17, 15) is 9.90 Å². The topological polar surface area (TPSA) is 47.0 Å². The zero-order valence-electron chi connectivity index (χ0n) is 16.9. The maximum atomic E-state index is 11.9. The van der Waals surface area contributed by atoms with Crippen molar-refractivity contribution in [1.82, 2.24) is 4.90 Å². The second-order valence-electron chi connectivity index (χ2n) is 7.92. The lowest BCUT2D eigenvalue weighted by atomic mass is 9.97. The quantitative estimate of drug-likeness (QED) is 0.833. The predicted octanol–water partition coefficient (Wildman–Crippen LogP) is 3.49. The number of carbonyl (C=O) groups is 1. The number of anilines is 2. The second-order valence-corrected chi connectivity index (χ2v) is 8.32. The summed E-state index contributed by atoms with van der Waals surface area (Å²) in [7, 11) is 0. The molecule has 2 heterocycles. The van der Waals surface area contributed by atoms with E-state index in [-0.39, 0.29) is 5.91 Å². The van der Waals surface area contributed by atoms with Crippen molar-refractivity contribution in [3.05, 3.63) is 58.6 Å². The van der Waals surface area contributed by atoms with Gasteiger partial charge < -0.3 is 14.9 Å². The Hall–Kier alpha value is -2.08. The van der Waals surface area contributed by atoms with Crippen molar-refractivity contribution in [2.75, 3.05) is 49.1 Å². The molecule has 4 rings (SSSR count). The van der Waals surface area contributed by atoms with Crippen molar-refractivity contribution in [2.45, 2.75) is 25.9 Å². The molecule has 0 bridgehead atoms. The molecule has 1 atom stereocenters. The maximum absolute atomic E-state index is 11.9. The fourth-order valence-electron chi connectivity index (χ4n) is 4.38.